The van der Waals surface area contributed by atoms with Crippen LogP contribution in [0.2, 0.25) is 18.1 Å². The van der Waals surface area contributed by atoms with E-state index < -0.39 is 8.32 Å². The van der Waals surface area contributed by atoms with Crippen LogP contribution in [0.25, 0.3) is 0 Å². The number of nitrogens with one attached hydrogen (secondary N) is 1. The Balaban J connectivity index is 2.29. The van der Waals surface area contributed by atoms with Crippen molar-refractivity contribution < 1.29 is 9.16 Å². The highest BCUT2D eigenvalue weighted by atomic mass is 28.4. The van der Waals surface area contributed by atoms with Crippen LogP contribution in [-0.2, 0) is 11.0 Å². The number of rotatable bonds is 7. The van der Waals surface area contributed by atoms with E-state index in [4.69, 9.17) is 9.16 Å². The molecule has 0 saturated heterocycles. The summed E-state index contributed by atoms with van der Waals surface area (Å²) >= 11 is 0. The Kier molecular flexibility index (Phi) is 6.24. The van der Waals surface area contributed by atoms with Gasteiger partial charge in [-0.1, -0.05) is 32.9 Å². The minimum atomic E-state index is -1.61. The van der Waals surface area contributed by atoms with Gasteiger partial charge in [0.05, 0.1) is 7.11 Å². The molecule has 3 nitrogen and oxygen atoms in total. The van der Waals surface area contributed by atoms with Crippen molar-refractivity contribution in [1.29, 1.82) is 0 Å². The maximum Gasteiger partial charge on any atom is 0.192 e. The van der Waals surface area contributed by atoms with Gasteiger partial charge in [-0.15, -0.1) is 0 Å². The smallest absolute Gasteiger partial charge is 0.192 e. The van der Waals surface area contributed by atoms with Crippen LogP contribution in [0.15, 0.2) is 24.3 Å². The van der Waals surface area contributed by atoms with Gasteiger partial charge in [0, 0.05) is 19.7 Å². The van der Waals surface area contributed by atoms with Crippen LogP contribution in [0.3, 0.4) is 0 Å². The van der Waals surface area contributed by atoms with Gasteiger partial charge in [-0.25, -0.2) is 0 Å². The SMILES string of the molecule is COc1cccc(CNCCO[Si](C)(C)C(C)(C)C)c1. The predicted octanol–water partition coefficient (Wildman–Crippen LogP) is 3.81. The molecule has 1 rings (SSSR count). The summed E-state index contributed by atoms with van der Waals surface area (Å²) < 4.78 is 11.3. The highest BCUT2D eigenvalue weighted by Crippen LogP contribution is 2.36. The van der Waals surface area contributed by atoms with Crippen LogP contribution in [0.1, 0.15) is 26.3 Å². The zero-order chi connectivity index (χ0) is 15.2. The Hall–Kier alpha value is -0.843. The van der Waals surface area contributed by atoms with Gasteiger partial charge in [0.2, 0.25) is 0 Å². The molecule has 0 atom stereocenters. The molecular formula is C16H29NO2Si. The van der Waals surface area contributed by atoms with Crippen molar-refractivity contribution in [2.45, 2.75) is 45.4 Å². The number of methoxy groups -OCH3 is 1. The third-order valence-electron chi connectivity index (χ3n) is 4.01. The van der Waals surface area contributed by atoms with Crippen LogP contribution >= 0.6 is 0 Å². The fraction of sp³-hybridized carbons (Fsp3) is 0.625. The van der Waals surface area contributed by atoms with Gasteiger partial charge in [-0.3, -0.25) is 0 Å². The molecule has 0 aliphatic carbocycles. The first kappa shape index (κ1) is 17.2. The van der Waals surface area contributed by atoms with Crippen molar-refractivity contribution in [2.24, 2.45) is 0 Å². The monoisotopic (exact) mass is 295 g/mol. The Morgan fingerprint density at radius 1 is 1.20 bits per heavy atom. The average Bonchev–Trinajstić information content (AvgIpc) is 2.37. The van der Waals surface area contributed by atoms with Crippen LogP contribution in [0.5, 0.6) is 5.75 Å². The van der Waals surface area contributed by atoms with E-state index in [1.807, 2.05) is 12.1 Å². The zero-order valence-corrected chi connectivity index (χ0v) is 14.7. The van der Waals surface area contributed by atoms with Gasteiger partial charge in [-0.05, 0) is 35.8 Å². The average molecular weight is 295 g/mol. The first-order valence-corrected chi connectivity index (χ1v) is 10.1. The van der Waals surface area contributed by atoms with E-state index in [1.54, 1.807) is 7.11 Å². The molecule has 0 fully saturated rings. The highest BCUT2D eigenvalue weighted by molar-refractivity contribution is 6.74. The molecule has 0 amide bonds. The van der Waals surface area contributed by atoms with E-state index in [9.17, 15) is 0 Å². The van der Waals surface area contributed by atoms with Crippen molar-refractivity contribution in [1.82, 2.24) is 5.32 Å². The minimum Gasteiger partial charge on any atom is -0.497 e. The van der Waals surface area contributed by atoms with Crippen molar-refractivity contribution in [2.75, 3.05) is 20.3 Å². The van der Waals surface area contributed by atoms with Gasteiger partial charge in [-0.2, -0.15) is 0 Å². The molecule has 1 aromatic carbocycles. The topological polar surface area (TPSA) is 30.5 Å². The van der Waals surface area contributed by atoms with Gasteiger partial charge in [0.15, 0.2) is 8.32 Å². The molecular weight excluding hydrogens is 266 g/mol. The lowest BCUT2D eigenvalue weighted by atomic mass is 10.2. The quantitative estimate of drug-likeness (QED) is 0.613. The number of benzene rings is 1. The largest absolute Gasteiger partial charge is 0.497 e. The summed E-state index contributed by atoms with van der Waals surface area (Å²) in [5, 5.41) is 3.70. The molecule has 0 radical (unpaired) electrons. The number of ether oxygens (including phenoxy) is 1. The Bertz CT molecular complexity index is 413. The van der Waals surface area contributed by atoms with E-state index in [0.717, 1.165) is 25.4 Å². The summed E-state index contributed by atoms with van der Waals surface area (Å²) in [6.45, 7) is 13.9. The van der Waals surface area contributed by atoms with Gasteiger partial charge in [0.1, 0.15) is 5.75 Å². The standard InChI is InChI=1S/C16H29NO2Si/c1-16(2,3)20(5,6)19-11-10-17-13-14-8-7-9-15(12-14)18-4/h7-9,12,17H,10-11,13H2,1-6H3. The summed E-state index contributed by atoms with van der Waals surface area (Å²) in [5.41, 5.74) is 1.23. The summed E-state index contributed by atoms with van der Waals surface area (Å²) in [4.78, 5) is 0. The van der Waals surface area contributed by atoms with Crippen molar-refractivity contribution in [3.63, 3.8) is 0 Å². The molecule has 20 heavy (non-hydrogen) atoms. The highest BCUT2D eigenvalue weighted by Gasteiger charge is 2.36. The maximum atomic E-state index is 6.13. The van der Waals surface area contributed by atoms with Crippen molar-refractivity contribution in [3.8, 4) is 5.75 Å². The summed E-state index contributed by atoms with van der Waals surface area (Å²) in [5.74, 6) is 0.904. The van der Waals surface area contributed by atoms with Crippen LogP contribution in [0.4, 0.5) is 0 Å². The van der Waals surface area contributed by atoms with E-state index in [-0.39, 0.29) is 5.04 Å². The number of hydrogen-bond acceptors (Lipinski definition) is 3. The Morgan fingerprint density at radius 2 is 1.90 bits per heavy atom. The molecule has 0 spiro atoms. The fourth-order valence-corrected chi connectivity index (χ4v) is 2.66. The second kappa shape index (κ2) is 7.25. The van der Waals surface area contributed by atoms with E-state index >= 15 is 0 Å². The molecule has 0 saturated carbocycles. The van der Waals surface area contributed by atoms with Crippen molar-refractivity contribution >= 4 is 8.32 Å². The molecule has 0 bridgehead atoms. The molecule has 0 aromatic heterocycles. The second-order valence-corrected chi connectivity index (χ2v) is 11.4. The zero-order valence-electron chi connectivity index (χ0n) is 13.7. The predicted molar refractivity (Wildman–Crippen MR) is 87.8 cm³/mol. The fourth-order valence-electron chi connectivity index (χ4n) is 1.61. The summed E-state index contributed by atoms with van der Waals surface area (Å²) in [6.07, 6.45) is 0. The van der Waals surface area contributed by atoms with E-state index in [1.165, 1.54) is 5.56 Å². The lowest BCUT2D eigenvalue weighted by molar-refractivity contribution is 0.285. The third-order valence-corrected chi connectivity index (χ3v) is 8.55. The molecule has 0 heterocycles. The summed E-state index contributed by atoms with van der Waals surface area (Å²) in [6, 6.07) is 8.14. The summed E-state index contributed by atoms with van der Waals surface area (Å²) in [7, 11) is 0.0851. The van der Waals surface area contributed by atoms with E-state index in [0.29, 0.717) is 0 Å². The lowest BCUT2D eigenvalue weighted by Crippen LogP contribution is -2.42. The lowest BCUT2D eigenvalue weighted by Gasteiger charge is -2.36. The normalized spacial score (nSPS) is 12.5. The van der Waals surface area contributed by atoms with Crippen LogP contribution in [0, 0.1) is 0 Å². The second-order valence-electron chi connectivity index (χ2n) is 6.64. The molecule has 1 N–H and O–H groups in total. The Labute approximate surface area is 124 Å². The molecule has 1 aromatic rings. The van der Waals surface area contributed by atoms with Crippen LogP contribution in [-0.4, -0.2) is 28.6 Å². The molecule has 0 aliphatic heterocycles. The van der Waals surface area contributed by atoms with Gasteiger partial charge < -0.3 is 14.5 Å². The maximum absolute atomic E-state index is 6.13. The minimum absolute atomic E-state index is 0.278. The molecule has 0 unspecified atom stereocenters. The van der Waals surface area contributed by atoms with E-state index in [2.05, 4.69) is 51.3 Å². The first-order valence-electron chi connectivity index (χ1n) is 7.24. The molecule has 0 aliphatic rings. The van der Waals surface area contributed by atoms with Crippen LogP contribution < -0.4 is 10.1 Å². The van der Waals surface area contributed by atoms with Gasteiger partial charge in [0.25, 0.3) is 0 Å². The molecule has 114 valence electrons. The molecule has 4 heteroatoms. The Morgan fingerprint density at radius 3 is 2.50 bits per heavy atom. The third kappa shape index (κ3) is 5.27. The van der Waals surface area contributed by atoms with Crippen molar-refractivity contribution in [3.05, 3.63) is 29.8 Å². The van der Waals surface area contributed by atoms with Gasteiger partial charge >= 0.3 is 0 Å². The first-order chi connectivity index (χ1) is 9.26. The number of hydrogen-bond donors (Lipinski definition) is 1.